The molecular formula is C18H16Cl2F3NO. The van der Waals surface area contributed by atoms with Gasteiger partial charge in [-0.25, -0.2) is 0 Å². The average Bonchev–Trinajstić information content (AvgIpc) is 2.51. The molecule has 2 rings (SSSR count). The van der Waals surface area contributed by atoms with Gasteiger partial charge in [0.2, 0.25) is 0 Å². The zero-order valence-corrected chi connectivity index (χ0v) is 15.1. The Balaban J connectivity index is 2.31. The van der Waals surface area contributed by atoms with Gasteiger partial charge in [0.15, 0.2) is 0 Å². The summed E-state index contributed by atoms with van der Waals surface area (Å²) in [5.41, 5.74) is 0.118. The maximum atomic E-state index is 13.3. The molecule has 0 N–H and O–H groups in total. The molecule has 0 spiro atoms. The first-order valence-corrected chi connectivity index (χ1v) is 8.25. The van der Waals surface area contributed by atoms with Crippen molar-refractivity contribution in [2.75, 3.05) is 0 Å². The van der Waals surface area contributed by atoms with Crippen molar-refractivity contribution in [1.82, 2.24) is 0 Å². The summed E-state index contributed by atoms with van der Waals surface area (Å²) in [5.74, 6) is -0.287. The molecule has 0 fully saturated rings. The predicted octanol–water partition coefficient (Wildman–Crippen LogP) is 6.59. The highest BCUT2D eigenvalue weighted by molar-refractivity contribution is 6.31. The summed E-state index contributed by atoms with van der Waals surface area (Å²) in [6.07, 6.45) is -4.51. The van der Waals surface area contributed by atoms with Gasteiger partial charge in [-0.3, -0.25) is 0 Å². The number of benzene rings is 2. The molecule has 0 saturated heterocycles. The van der Waals surface area contributed by atoms with Crippen molar-refractivity contribution in [2.45, 2.75) is 26.6 Å². The summed E-state index contributed by atoms with van der Waals surface area (Å²) < 4.78 is 39.8. The van der Waals surface area contributed by atoms with Crippen LogP contribution in [0.15, 0.2) is 47.6 Å². The third-order valence-corrected chi connectivity index (χ3v) is 3.90. The Morgan fingerprint density at radius 1 is 1.04 bits per heavy atom. The van der Waals surface area contributed by atoms with E-state index in [4.69, 9.17) is 28.0 Å². The first-order valence-electron chi connectivity index (χ1n) is 7.50. The maximum absolute atomic E-state index is 13.3. The van der Waals surface area contributed by atoms with Gasteiger partial charge in [-0.1, -0.05) is 54.3 Å². The molecule has 0 aliphatic carbocycles. The number of alkyl halides is 3. The number of halogens is 5. The normalized spacial score (nSPS) is 12.6. The van der Waals surface area contributed by atoms with E-state index in [1.165, 1.54) is 12.1 Å². The van der Waals surface area contributed by atoms with E-state index in [0.717, 1.165) is 11.6 Å². The van der Waals surface area contributed by atoms with Crippen LogP contribution in [0.2, 0.25) is 10.0 Å². The lowest BCUT2D eigenvalue weighted by Crippen LogP contribution is -2.18. The molecule has 0 atom stereocenters. The molecule has 0 aliphatic heterocycles. The van der Waals surface area contributed by atoms with Gasteiger partial charge in [-0.2, -0.15) is 13.2 Å². The highest BCUT2D eigenvalue weighted by Crippen LogP contribution is 2.34. The van der Waals surface area contributed by atoms with Gasteiger partial charge in [0.05, 0.1) is 11.3 Å². The SMILES string of the molecule is CC(C)C(=NOCc1ccc(Cl)cc1)c1cc(Cl)ccc1C(F)(F)F. The van der Waals surface area contributed by atoms with E-state index in [1.807, 2.05) is 0 Å². The smallest absolute Gasteiger partial charge is 0.391 e. The van der Waals surface area contributed by atoms with Gasteiger partial charge >= 0.3 is 6.18 Å². The highest BCUT2D eigenvalue weighted by Gasteiger charge is 2.35. The lowest BCUT2D eigenvalue weighted by atomic mass is 9.95. The molecule has 0 radical (unpaired) electrons. The minimum atomic E-state index is -4.51. The van der Waals surface area contributed by atoms with E-state index in [1.54, 1.807) is 38.1 Å². The third kappa shape index (κ3) is 5.38. The van der Waals surface area contributed by atoms with Crippen LogP contribution in [0.1, 0.15) is 30.5 Å². The Labute approximate surface area is 154 Å². The zero-order chi connectivity index (χ0) is 18.6. The molecule has 25 heavy (non-hydrogen) atoms. The van der Waals surface area contributed by atoms with Crippen LogP contribution in [0.3, 0.4) is 0 Å². The topological polar surface area (TPSA) is 21.6 Å². The molecule has 0 heterocycles. The molecule has 7 heteroatoms. The molecule has 2 nitrogen and oxygen atoms in total. The first-order chi connectivity index (χ1) is 11.7. The molecule has 0 amide bonds. The Morgan fingerprint density at radius 2 is 1.64 bits per heavy atom. The monoisotopic (exact) mass is 389 g/mol. The van der Waals surface area contributed by atoms with Crippen LogP contribution in [0.5, 0.6) is 0 Å². The van der Waals surface area contributed by atoms with Crippen molar-refractivity contribution in [3.8, 4) is 0 Å². The molecule has 2 aromatic rings. The van der Waals surface area contributed by atoms with Gasteiger partial charge in [-0.15, -0.1) is 0 Å². The Hall–Kier alpha value is -1.72. The number of hydrogen-bond acceptors (Lipinski definition) is 2. The predicted molar refractivity (Wildman–Crippen MR) is 94.1 cm³/mol. The van der Waals surface area contributed by atoms with Gasteiger partial charge < -0.3 is 4.84 Å². The van der Waals surface area contributed by atoms with Gasteiger partial charge in [0.1, 0.15) is 6.61 Å². The number of rotatable bonds is 5. The summed E-state index contributed by atoms with van der Waals surface area (Å²) in [5, 5.41) is 4.74. The molecule has 0 unspecified atom stereocenters. The molecule has 134 valence electrons. The van der Waals surface area contributed by atoms with Crippen molar-refractivity contribution in [2.24, 2.45) is 11.1 Å². The standard InChI is InChI=1S/C18H16Cl2F3NO/c1-11(2)17(24-25-10-12-3-5-13(19)6-4-12)15-9-14(20)7-8-16(15)18(21,22)23/h3-9,11H,10H2,1-2H3. The molecule has 2 aromatic carbocycles. The summed E-state index contributed by atoms with van der Waals surface area (Å²) in [7, 11) is 0. The first kappa shape index (κ1) is 19.6. The molecule has 0 aliphatic rings. The average molecular weight is 390 g/mol. The van der Waals surface area contributed by atoms with Crippen LogP contribution in [0.25, 0.3) is 0 Å². The molecule has 0 saturated carbocycles. The number of hydrogen-bond donors (Lipinski definition) is 0. The number of oxime groups is 1. The molecular weight excluding hydrogens is 374 g/mol. The van der Waals surface area contributed by atoms with Crippen LogP contribution in [0, 0.1) is 5.92 Å². The summed E-state index contributed by atoms with van der Waals surface area (Å²) in [6, 6.07) is 10.3. The molecule has 0 aromatic heterocycles. The van der Waals surface area contributed by atoms with Gasteiger partial charge in [0, 0.05) is 15.6 Å². The largest absolute Gasteiger partial charge is 0.417 e. The van der Waals surface area contributed by atoms with E-state index < -0.39 is 11.7 Å². The van der Waals surface area contributed by atoms with E-state index in [2.05, 4.69) is 5.16 Å². The maximum Gasteiger partial charge on any atom is 0.417 e. The second kappa shape index (κ2) is 8.11. The summed E-state index contributed by atoms with van der Waals surface area (Å²) in [6.45, 7) is 3.60. The van der Waals surface area contributed by atoms with Gasteiger partial charge in [-0.05, 0) is 41.8 Å². The van der Waals surface area contributed by atoms with Crippen LogP contribution < -0.4 is 0 Å². The fraction of sp³-hybridized carbons (Fsp3) is 0.278. The van der Waals surface area contributed by atoms with Crippen LogP contribution >= 0.6 is 23.2 Å². The lowest BCUT2D eigenvalue weighted by molar-refractivity contribution is -0.137. The van der Waals surface area contributed by atoms with E-state index in [0.29, 0.717) is 5.02 Å². The minimum absolute atomic E-state index is 0.0777. The van der Waals surface area contributed by atoms with Crippen LogP contribution in [-0.4, -0.2) is 5.71 Å². The minimum Gasteiger partial charge on any atom is -0.391 e. The Bertz CT molecular complexity index is 756. The Morgan fingerprint density at radius 3 is 2.20 bits per heavy atom. The van der Waals surface area contributed by atoms with Crippen LogP contribution in [-0.2, 0) is 17.6 Å². The van der Waals surface area contributed by atoms with E-state index in [-0.39, 0.29) is 28.8 Å². The van der Waals surface area contributed by atoms with Crippen molar-refractivity contribution < 1.29 is 18.0 Å². The van der Waals surface area contributed by atoms with Crippen molar-refractivity contribution in [1.29, 1.82) is 0 Å². The quantitative estimate of drug-likeness (QED) is 0.417. The Kier molecular flexibility index (Phi) is 6.36. The number of nitrogens with zero attached hydrogens (tertiary/aromatic N) is 1. The lowest BCUT2D eigenvalue weighted by Gasteiger charge is -2.17. The van der Waals surface area contributed by atoms with Crippen molar-refractivity contribution in [3.63, 3.8) is 0 Å². The van der Waals surface area contributed by atoms with Gasteiger partial charge in [0.25, 0.3) is 0 Å². The fourth-order valence-electron chi connectivity index (χ4n) is 2.20. The van der Waals surface area contributed by atoms with Crippen molar-refractivity contribution >= 4 is 28.9 Å². The van der Waals surface area contributed by atoms with Crippen LogP contribution in [0.4, 0.5) is 13.2 Å². The highest BCUT2D eigenvalue weighted by atomic mass is 35.5. The zero-order valence-electron chi connectivity index (χ0n) is 13.6. The van der Waals surface area contributed by atoms with E-state index >= 15 is 0 Å². The third-order valence-electron chi connectivity index (χ3n) is 3.42. The second-order valence-electron chi connectivity index (χ2n) is 5.72. The van der Waals surface area contributed by atoms with Crippen molar-refractivity contribution in [3.05, 3.63) is 69.2 Å². The summed E-state index contributed by atoms with van der Waals surface area (Å²) >= 11 is 11.7. The fourth-order valence-corrected chi connectivity index (χ4v) is 2.50. The molecule has 0 bridgehead atoms. The second-order valence-corrected chi connectivity index (χ2v) is 6.59. The summed E-state index contributed by atoms with van der Waals surface area (Å²) in [4.78, 5) is 5.28. The van der Waals surface area contributed by atoms with E-state index in [9.17, 15) is 13.2 Å².